The molecule has 0 fully saturated rings. The molecule has 0 radical (unpaired) electrons. The average Bonchev–Trinajstić information content (AvgIpc) is 2.12. The maximum atomic E-state index is 9.37. The molecule has 0 bridgehead atoms. The van der Waals surface area contributed by atoms with Crippen LogP contribution in [0.5, 0.6) is 5.75 Å². The first-order chi connectivity index (χ1) is 7.40. The minimum atomic E-state index is -0.199. The van der Waals surface area contributed by atoms with Crippen molar-refractivity contribution in [3.8, 4) is 5.75 Å². The van der Waals surface area contributed by atoms with Crippen LogP contribution in [0.2, 0.25) is 5.02 Å². The number of nitrogens with zero attached hydrogens (tertiary/aromatic N) is 2. The van der Waals surface area contributed by atoms with Crippen molar-refractivity contribution < 1.29 is 5.11 Å². The number of benzene rings is 1. The Morgan fingerprint density at radius 1 is 1.31 bits per heavy atom. The van der Waals surface area contributed by atoms with Crippen molar-refractivity contribution >= 4 is 45.1 Å². The van der Waals surface area contributed by atoms with E-state index in [1.807, 2.05) is 0 Å². The summed E-state index contributed by atoms with van der Waals surface area (Å²) >= 11 is 8.89. The molecule has 0 aliphatic carbocycles. The van der Waals surface area contributed by atoms with Gasteiger partial charge in [-0.1, -0.05) is 11.6 Å². The van der Waals surface area contributed by atoms with Crippen LogP contribution in [0.15, 0.2) is 26.6 Å². The van der Waals surface area contributed by atoms with Crippen LogP contribution in [0.3, 0.4) is 0 Å². The van der Waals surface area contributed by atoms with Crippen LogP contribution < -0.4 is 17.2 Å². The lowest BCUT2D eigenvalue weighted by molar-refractivity contribution is 0.475. The Balaban J connectivity index is 3.15. The Morgan fingerprint density at radius 2 is 1.94 bits per heavy atom. The first-order valence-corrected chi connectivity index (χ1v) is 5.19. The molecule has 16 heavy (non-hydrogen) atoms. The van der Waals surface area contributed by atoms with Gasteiger partial charge in [-0.3, -0.25) is 0 Å². The molecular formula is C8H9BrClN5O. The molecular weight excluding hydrogens is 297 g/mol. The van der Waals surface area contributed by atoms with E-state index in [0.717, 1.165) is 0 Å². The molecule has 0 aromatic heterocycles. The van der Waals surface area contributed by atoms with Crippen molar-refractivity contribution in [2.24, 2.45) is 27.2 Å². The van der Waals surface area contributed by atoms with Gasteiger partial charge in [0.2, 0.25) is 5.96 Å². The molecule has 0 unspecified atom stereocenters. The van der Waals surface area contributed by atoms with Gasteiger partial charge >= 0.3 is 0 Å². The first-order valence-electron chi connectivity index (χ1n) is 4.02. The van der Waals surface area contributed by atoms with E-state index in [9.17, 15) is 5.11 Å². The summed E-state index contributed by atoms with van der Waals surface area (Å²) in [5.74, 6) is -0.431. The summed E-state index contributed by atoms with van der Waals surface area (Å²) in [4.78, 5) is 7.41. The van der Waals surface area contributed by atoms with Crippen LogP contribution >= 0.6 is 27.5 Å². The molecule has 0 spiro atoms. The Bertz CT molecular complexity index is 470. The molecule has 7 N–H and O–H groups in total. The zero-order valence-electron chi connectivity index (χ0n) is 7.98. The number of guanidine groups is 2. The third-order valence-electron chi connectivity index (χ3n) is 1.49. The van der Waals surface area contributed by atoms with Crippen LogP contribution in [0.1, 0.15) is 0 Å². The van der Waals surface area contributed by atoms with Gasteiger partial charge in [-0.2, -0.15) is 4.99 Å². The Kier molecular flexibility index (Phi) is 3.97. The first kappa shape index (κ1) is 12.6. The van der Waals surface area contributed by atoms with Crippen molar-refractivity contribution in [2.45, 2.75) is 0 Å². The van der Waals surface area contributed by atoms with Crippen molar-refractivity contribution in [2.75, 3.05) is 0 Å². The molecule has 0 aliphatic heterocycles. The maximum absolute atomic E-state index is 9.37. The third-order valence-corrected chi connectivity index (χ3v) is 2.43. The van der Waals surface area contributed by atoms with E-state index in [-0.39, 0.29) is 22.7 Å². The van der Waals surface area contributed by atoms with Gasteiger partial charge in [0, 0.05) is 10.5 Å². The highest BCUT2D eigenvalue weighted by molar-refractivity contribution is 9.10. The molecule has 0 aliphatic rings. The van der Waals surface area contributed by atoms with E-state index in [0.29, 0.717) is 10.2 Å². The number of halogens is 2. The number of hydrogen-bond donors (Lipinski definition) is 4. The van der Waals surface area contributed by atoms with Crippen molar-refractivity contribution in [1.29, 1.82) is 0 Å². The second kappa shape index (κ2) is 5.04. The second-order valence-electron chi connectivity index (χ2n) is 2.76. The lowest BCUT2D eigenvalue weighted by atomic mass is 10.3. The van der Waals surface area contributed by atoms with Crippen molar-refractivity contribution in [1.82, 2.24) is 0 Å². The van der Waals surface area contributed by atoms with Crippen LogP contribution in [0.25, 0.3) is 0 Å². The lowest BCUT2D eigenvalue weighted by Gasteiger charge is -2.02. The Labute approximate surface area is 105 Å². The fraction of sp³-hybridized carbons (Fsp3) is 0. The number of aromatic hydroxyl groups is 1. The Hall–Kier alpha value is -1.47. The van der Waals surface area contributed by atoms with Crippen LogP contribution in [0.4, 0.5) is 5.69 Å². The lowest BCUT2D eigenvalue weighted by Crippen LogP contribution is -2.26. The fourth-order valence-electron chi connectivity index (χ4n) is 0.893. The standard InChI is InChI=1S/C8H9BrClN5O/c9-3-1-4(10)6(16)2-5(3)14-8(13)15-7(11)12/h1-2,16H,(H6,11,12,13,14,15). The minimum Gasteiger partial charge on any atom is -0.506 e. The van der Waals surface area contributed by atoms with E-state index < -0.39 is 0 Å². The largest absolute Gasteiger partial charge is 0.506 e. The number of phenolic OH excluding ortho intramolecular Hbond substituents is 1. The number of aliphatic imine (C=N–C) groups is 2. The van der Waals surface area contributed by atoms with Crippen molar-refractivity contribution in [3.05, 3.63) is 21.6 Å². The van der Waals surface area contributed by atoms with Gasteiger partial charge in [0.25, 0.3) is 0 Å². The van der Waals surface area contributed by atoms with E-state index >= 15 is 0 Å². The fourth-order valence-corrected chi connectivity index (χ4v) is 1.62. The van der Waals surface area contributed by atoms with Crippen LogP contribution in [-0.2, 0) is 0 Å². The summed E-state index contributed by atoms with van der Waals surface area (Å²) in [6, 6.07) is 2.82. The maximum Gasteiger partial charge on any atom is 0.223 e. The molecule has 0 heterocycles. The van der Waals surface area contributed by atoms with Gasteiger partial charge in [-0.15, -0.1) is 0 Å². The van der Waals surface area contributed by atoms with Gasteiger partial charge in [-0.05, 0) is 22.0 Å². The predicted molar refractivity (Wildman–Crippen MR) is 67.9 cm³/mol. The smallest absolute Gasteiger partial charge is 0.223 e. The summed E-state index contributed by atoms with van der Waals surface area (Å²) in [7, 11) is 0. The zero-order valence-corrected chi connectivity index (χ0v) is 10.3. The highest BCUT2D eigenvalue weighted by Gasteiger charge is 2.05. The van der Waals surface area contributed by atoms with E-state index in [1.54, 1.807) is 0 Å². The number of rotatable bonds is 1. The summed E-state index contributed by atoms with van der Waals surface area (Å²) in [6.45, 7) is 0. The van der Waals surface area contributed by atoms with Crippen LogP contribution in [-0.4, -0.2) is 17.0 Å². The molecule has 0 amide bonds. The van der Waals surface area contributed by atoms with Gasteiger partial charge in [-0.25, -0.2) is 4.99 Å². The summed E-state index contributed by atoms with van der Waals surface area (Å²) in [5, 5.41) is 9.57. The molecule has 1 aromatic rings. The SMILES string of the molecule is NC(N)=NC(N)=Nc1cc(O)c(Cl)cc1Br. The predicted octanol–water partition coefficient (Wildman–Crippen LogP) is 1.03. The summed E-state index contributed by atoms with van der Waals surface area (Å²) in [6.07, 6.45) is 0. The van der Waals surface area contributed by atoms with E-state index in [4.69, 9.17) is 28.8 Å². The summed E-state index contributed by atoms with van der Waals surface area (Å²) in [5.41, 5.74) is 16.0. The molecule has 0 saturated carbocycles. The van der Waals surface area contributed by atoms with Crippen LogP contribution in [0, 0.1) is 0 Å². The van der Waals surface area contributed by atoms with Crippen molar-refractivity contribution in [3.63, 3.8) is 0 Å². The zero-order chi connectivity index (χ0) is 12.3. The van der Waals surface area contributed by atoms with Gasteiger partial charge < -0.3 is 22.3 Å². The highest BCUT2D eigenvalue weighted by atomic mass is 79.9. The van der Waals surface area contributed by atoms with Gasteiger partial charge in [0.05, 0.1) is 10.7 Å². The molecule has 0 saturated heterocycles. The number of phenols is 1. The summed E-state index contributed by atoms with van der Waals surface area (Å²) < 4.78 is 0.559. The molecule has 6 nitrogen and oxygen atoms in total. The Morgan fingerprint density at radius 3 is 2.50 bits per heavy atom. The molecule has 1 aromatic carbocycles. The second-order valence-corrected chi connectivity index (χ2v) is 4.02. The minimum absolute atomic E-state index is 0.110. The third kappa shape index (κ3) is 3.28. The highest BCUT2D eigenvalue weighted by Crippen LogP contribution is 2.35. The molecule has 8 heteroatoms. The average molecular weight is 307 g/mol. The molecule has 0 atom stereocenters. The van der Waals surface area contributed by atoms with Gasteiger partial charge in [0.15, 0.2) is 5.96 Å². The number of nitrogens with two attached hydrogens (primary N) is 3. The topological polar surface area (TPSA) is 123 Å². The monoisotopic (exact) mass is 305 g/mol. The van der Waals surface area contributed by atoms with E-state index in [2.05, 4.69) is 25.9 Å². The van der Waals surface area contributed by atoms with Gasteiger partial charge in [0.1, 0.15) is 5.75 Å². The molecule has 1 rings (SSSR count). The normalized spacial score (nSPS) is 11.2. The quantitative estimate of drug-likeness (QED) is 0.457. The molecule has 86 valence electrons. The van der Waals surface area contributed by atoms with E-state index in [1.165, 1.54) is 12.1 Å². The number of hydrogen-bond acceptors (Lipinski definition) is 2.